The summed E-state index contributed by atoms with van der Waals surface area (Å²) in [7, 11) is 0. The molecule has 12 heavy (non-hydrogen) atoms. The molecule has 0 bridgehead atoms. The van der Waals surface area contributed by atoms with Crippen molar-refractivity contribution in [1.29, 1.82) is 0 Å². The Hall–Kier alpha value is 0.776. The van der Waals surface area contributed by atoms with E-state index in [-0.39, 0.29) is 71.6 Å². The van der Waals surface area contributed by atoms with Gasteiger partial charge in [-0.05, 0) is 0 Å². The van der Waals surface area contributed by atoms with Crippen LogP contribution in [0.25, 0.3) is 0 Å². The average molecular weight is 252 g/mol. The van der Waals surface area contributed by atoms with E-state index in [1.165, 1.54) is 0 Å². The second-order valence-electron chi connectivity index (χ2n) is 2.27. The van der Waals surface area contributed by atoms with Crippen molar-refractivity contribution in [2.75, 3.05) is 0 Å². The summed E-state index contributed by atoms with van der Waals surface area (Å²) in [5, 5.41) is 10.3. The molecule has 2 heterocycles. The minimum atomic E-state index is -1.14. The van der Waals surface area contributed by atoms with E-state index in [2.05, 4.69) is 4.99 Å². The minimum Gasteiger partial charge on any atom is 1.00 e. The fourth-order valence-electron chi connectivity index (χ4n) is 1.02. The number of nitrogens with zero attached hydrogens (tertiary/aromatic N) is 1. The number of aliphatic carboxylic acids is 1. The maximum absolute atomic E-state index is 10.3. The number of carbonyl (C=O) groups is 1. The van der Waals surface area contributed by atoms with E-state index in [1.807, 2.05) is 11.0 Å². The van der Waals surface area contributed by atoms with Gasteiger partial charge in [0.25, 0.3) is 0 Å². The Balaban J connectivity index is 0.000000720. The van der Waals surface area contributed by atoms with Gasteiger partial charge in [-0.15, -0.1) is 0 Å². The number of fused-ring (bicyclic) bond motifs is 1. The van der Waals surface area contributed by atoms with Crippen molar-refractivity contribution in [2.24, 2.45) is 4.99 Å². The zero-order valence-corrected chi connectivity index (χ0v) is 11.4. The van der Waals surface area contributed by atoms with Gasteiger partial charge in [-0.25, -0.2) is 0 Å². The predicted molar refractivity (Wildman–Crippen MR) is 39.2 cm³/mol. The number of rotatable bonds is 1. The molecule has 0 saturated heterocycles. The first kappa shape index (κ1) is 10.9. The Bertz CT molecular complexity index is 345. The third kappa shape index (κ3) is 1.99. The second kappa shape index (κ2) is 4.33. The Morgan fingerprint density at radius 1 is 1.67 bits per heavy atom. The number of carboxylic acids is 1. The molecular formula is C7H4KNO2Se. The molecule has 3 nitrogen and oxygen atoms in total. The summed E-state index contributed by atoms with van der Waals surface area (Å²) in [5.74, 6) is -1.14. The first-order valence-corrected chi connectivity index (χ1v) is 4.97. The third-order valence-corrected chi connectivity index (χ3v) is 3.33. The van der Waals surface area contributed by atoms with Crippen molar-refractivity contribution in [3.05, 3.63) is 16.6 Å². The van der Waals surface area contributed by atoms with Crippen molar-refractivity contribution < 1.29 is 61.3 Å². The van der Waals surface area contributed by atoms with Crippen molar-refractivity contribution in [1.82, 2.24) is 0 Å². The van der Waals surface area contributed by atoms with Crippen LogP contribution in [0.1, 0.15) is 5.56 Å². The molecule has 56 valence electrons. The van der Waals surface area contributed by atoms with E-state index in [0.29, 0.717) is 6.42 Å². The fourth-order valence-corrected chi connectivity index (χ4v) is 2.73. The van der Waals surface area contributed by atoms with Gasteiger partial charge in [-0.2, -0.15) is 0 Å². The van der Waals surface area contributed by atoms with E-state index in [4.69, 9.17) is 0 Å². The van der Waals surface area contributed by atoms with E-state index in [1.54, 1.807) is 0 Å². The molecule has 0 N–H and O–H groups in total. The van der Waals surface area contributed by atoms with E-state index >= 15 is 0 Å². The summed E-state index contributed by atoms with van der Waals surface area (Å²) in [6.07, 6.45) is 0.454. The summed E-state index contributed by atoms with van der Waals surface area (Å²) in [6.45, 7) is 0. The summed E-state index contributed by atoms with van der Waals surface area (Å²) in [6, 6.07) is 1.95. The van der Waals surface area contributed by atoms with Crippen LogP contribution in [0, 0.1) is 0 Å². The van der Waals surface area contributed by atoms with Crippen LogP contribution in [-0.2, 0) is 11.2 Å². The zero-order valence-electron chi connectivity index (χ0n) is 6.53. The van der Waals surface area contributed by atoms with E-state index in [0.717, 1.165) is 10.1 Å². The zero-order chi connectivity index (χ0) is 7.84. The van der Waals surface area contributed by atoms with Crippen LogP contribution in [0.4, 0.5) is 4.56 Å². The number of hydrogen-bond donors (Lipinski definition) is 0. The number of aliphatic imine (C=N–C) groups is 1. The standard InChI is InChI=1S/C7H5NO2Se.K/c9-7(10)5-3-4-1-2-11-6(4)8-5;/h1-2H,3H2,(H,9,10);/q;+1/p-1. The maximum Gasteiger partial charge on any atom is 1.00 e. The Kier molecular flexibility index (Phi) is 3.91. The van der Waals surface area contributed by atoms with E-state index in [9.17, 15) is 9.90 Å². The number of hydrogen-bond acceptors (Lipinski definition) is 3. The molecule has 1 aliphatic heterocycles. The summed E-state index contributed by atoms with van der Waals surface area (Å²) in [4.78, 5) is 16.3. The fraction of sp³-hybridized carbons (Fsp3) is 0.143. The molecule has 0 spiro atoms. The van der Waals surface area contributed by atoms with Gasteiger partial charge in [0.05, 0.1) is 0 Å². The first-order valence-electron chi connectivity index (χ1n) is 3.12. The molecular weight excluding hydrogens is 248 g/mol. The molecule has 5 heteroatoms. The molecule has 0 aromatic carbocycles. The normalized spacial score (nSPS) is 13.2. The van der Waals surface area contributed by atoms with Gasteiger partial charge in [0.15, 0.2) is 0 Å². The van der Waals surface area contributed by atoms with Crippen LogP contribution >= 0.6 is 0 Å². The molecule has 0 saturated carbocycles. The van der Waals surface area contributed by atoms with E-state index < -0.39 is 5.97 Å². The molecule has 1 aliphatic rings. The van der Waals surface area contributed by atoms with Crippen LogP contribution < -0.4 is 56.5 Å². The molecule has 0 atom stereocenters. The Morgan fingerprint density at radius 3 is 3.00 bits per heavy atom. The predicted octanol–water partition coefficient (Wildman–Crippen LogP) is -3.87. The monoisotopic (exact) mass is 253 g/mol. The van der Waals surface area contributed by atoms with Crippen LogP contribution in [0.15, 0.2) is 16.0 Å². The van der Waals surface area contributed by atoms with Gasteiger partial charge in [0.1, 0.15) is 0 Å². The van der Waals surface area contributed by atoms with Gasteiger partial charge >= 0.3 is 120 Å². The van der Waals surface area contributed by atoms with Crippen LogP contribution in [0.5, 0.6) is 0 Å². The summed E-state index contributed by atoms with van der Waals surface area (Å²) < 4.78 is 0.955. The van der Waals surface area contributed by atoms with Gasteiger partial charge in [-0.3, -0.25) is 0 Å². The average Bonchev–Trinajstić information content (AvgIpc) is 2.40. The maximum atomic E-state index is 10.3. The Morgan fingerprint density at radius 2 is 2.42 bits per heavy atom. The van der Waals surface area contributed by atoms with Gasteiger partial charge in [0, 0.05) is 0 Å². The summed E-state index contributed by atoms with van der Waals surface area (Å²) >= 11 is 0.256. The van der Waals surface area contributed by atoms with Crippen molar-refractivity contribution in [3.63, 3.8) is 0 Å². The SMILES string of the molecule is O=C([O-])C1=Nc2[se]ccc2C1.[K+]. The molecule has 1 aromatic heterocycles. The number of carbonyl (C=O) groups excluding carboxylic acids is 1. The smallest absolute Gasteiger partial charge is 1.00 e. The topological polar surface area (TPSA) is 52.5 Å². The molecule has 0 aliphatic carbocycles. The van der Waals surface area contributed by atoms with Crippen LogP contribution in [0.3, 0.4) is 0 Å². The molecule has 0 fully saturated rings. The van der Waals surface area contributed by atoms with Crippen molar-refractivity contribution in [2.45, 2.75) is 6.42 Å². The van der Waals surface area contributed by atoms with Gasteiger partial charge < -0.3 is 0 Å². The molecule has 0 radical (unpaired) electrons. The molecule has 0 unspecified atom stereocenters. The third-order valence-electron chi connectivity index (χ3n) is 1.55. The largest absolute Gasteiger partial charge is 1.00 e. The quantitative estimate of drug-likeness (QED) is 0.480. The first-order chi connectivity index (χ1) is 5.27. The Labute approximate surface area is 118 Å². The molecule has 2 rings (SSSR count). The minimum absolute atomic E-state index is 0. The van der Waals surface area contributed by atoms with Crippen LogP contribution in [-0.4, -0.2) is 26.2 Å². The number of carboxylic acid groups (broad SMARTS) is 1. The molecule has 1 aromatic rings. The van der Waals surface area contributed by atoms with Crippen LogP contribution in [0.2, 0.25) is 0 Å². The van der Waals surface area contributed by atoms with Gasteiger partial charge in [-0.1, -0.05) is 0 Å². The molecule has 0 amide bonds. The van der Waals surface area contributed by atoms with Gasteiger partial charge in [0.2, 0.25) is 0 Å². The van der Waals surface area contributed by atoms with Crippen molar-refractivity contribution >= 4 is 30.7 Å². The van der Waals surface area contributed by atoms with Crippen molar-refractivity contribution in [3.8, 4) is 0 Å². The second-order valence-corrected chi connectivity index (χ2v) is 4.15. The summed E-state index contributed by atoms with van der Waals surface area (Å²) in [5.41, 5.74) is 1.24.